The van der Waals surface area contributed by atoms with Crippen LogP contribution >= 0.6 is 38.4 Å². The lowest BCUT2D eigenvalue weighted by atomic mass is 10.3. The molecule has 1 nitrogen and oxygen atoms in total. The monoisotopic (exact) mass is 339 g/mol. The van der Waals surface area contributed by atoms with E-state index in [1.165, 1.54) is 0 Å². The molecule has 90 valence electrons. The van der Waals surface area contributed by atoms with Gasteiger partial charge in [0.25, 0.3) is 0 Å². The van der Waals surface area contributed by atoms with Crippen LogP contribution in [0.3, 0.4) is 0 Å². The third-order valence-corrected chi connectivity index (χ3v) is 3.72. The SMILES string of the molecule is FS(F)(F)(F)(F)c1cc(N=C=S)ccc1Br. The van der Waals surface area contributed by atoms with Crippen molar-refractivity contribution < 1.29 is 19.4 Å². The highest BCUT2D eigenvalue weighted by molar-refractivity contribution is 9.10. The number of rotatable bonds is 2. The fourth-order valence-electron chi connectivity index (χ4n) is 0.910. The van der Waals surface area contributed by atoms with Gasteiger partial charge < -0.3 is 0 Å². The predicted octanol–water partition coefficient (Wildman–Crippen LogP) is 5.84. The number of isothiocyanates is 1. The Morgan fingerprint density at radius 3 is 2.19 bits per heavy atom. The summed E-state index contributed by atoms with van der Waals surface area (Å²) in [4.78, 5) is 1.19. The molecule has 0 N–H and O–H groups in total. The number of hydrogen-bond acceptors (Lipinski definition) is 2. The van der Waals surface area contributed by atoms with Crippen LogP contribution in [0, 0.1) is 0 Å². The van der Waals surface area contributed by atoms with E-state index in [0.29, 0.717) is 0 Å². The molecule has 1 aromatic rings. The Bertz CT molecular complexity index is 491. The number of halogens is 6. The molecule has 16 heavy (non-hydrogen) atoms. The highest BCUT2D eigenvalue weighted by Crippen LogP contribution is 3.02. The van der Waals surface area contributed by atoms with Crippen molar-refractivity contribution in [2.24, 2.45) is 4.99 Å². The summed E-state index contributed by atoms with van der Waals surface area (Å²) in [6, 6.07) is 2.17. The van der Waals surface area contributed by atoms with Crippen molar-refractivity contribution in [3.63, 3.8) is 0 Å². The van der Waals surface area contributed by atoms with Gasteiger partial charge in [0.2, 0.25) is 0 Å². The molecule has 1 aromatic carbocycles. The van der Waals surface area contributed by atoms with Gasteiger partial charge in [-0.25, -0.2) is 0 Å². The minimum atomic E-state index is -9.71. The van der Waals surface area contributed by atoms with Gasteiger partial charge in [0.15, 0.2) is 0 Å². The van der Waals surface area contributed by atoms with Gasteiger partial charge in [-0.15, -0.1) is 0 Å². The van der Waals surface area contributed by atoms with Gasteiger partial charge in [0.05, 0.1) is 10.8 Å². The molecule has 0 aromatic heterocycles. The lowest BCUT2D eigenvalue weighted by Crippen LogP contribution is -2.06. The van der Waals surface area contributed by atoms with E-state index >= 15 is 0 Å². The first-order chi connectivity index (χ1) is 6.94. The van der Waals surface area contributed by atoms with Gasteiger partial charge in [-0.2, -0.15) is 4.99 Å². The summed E-state index contributed by atoms with van der Waals surface area (Å²) in [5.74, 6) is 0. The zero-order valence-electron chi connectivity index (χ0n) is 7.26. The molecule has 0 radical (unpaired) electrons. The summed E-state index contributed by atoms with van der Waals surface area (Å²) >= 11 is 6.60. The van der Waals surface area contributed by atoms with E-state index in [1.807, 2.05) is 0 Å². The van der Waals surface area contributed by atoms with Crippen molar-refractivity contribution in [2.75, 3.05) is 0 Å². The van der Waals surface area contributed by atoms with Crippen molar-refractivity contribution in [1.82, 2.24) is 0 Å². The molecule has 0 aliphatic carbocycles. The highest BCUT2D eigenvalue weighted by atomic mass is 79.9. The zero-order valence-corrected chi connectivity index (χ0v) is 10.5. The summed E-state index contributed by atoms with van der Waals surface area (Å²) < 4.78 is 61.8. The second kappa shape index (κ2) is 3.25. The third-order valence-electron chi connectivity index (χ3n) is 1.51. The Morgan fingerprint density at radius 2 is 1.75 bits per heavy atom. The van der Waals surface area contributed by atoms with E-state index < -0.39 is 19.6 Å². The molecule has 0 aliphatic heterocycles. The minimum absolute atomic E-state index is 0.227. The fourth-order valence-corrected chi connectivity index (χ4v) is 2.96. The Kier molecular flexibility index (Phi) is 2.76. The first kappa shape index (κ1) is 13.6. The van der Waals surface area contributed by atoms with Crippen LogP contribution in [0.5, 0.6) is 0 Å². The summed E-state index contributed by atoms with van der Waals surface area (Å²) in [6.07, 6.45) is 0. The standard InChI is InChI=1S/C7H3BrF5NS2/c8-6-2-1-5(14-4-15)3-7(6)16(9,10,11,12)13/h1-3H. The molecule has 0 spiro atoms. The molecule has 0 saturated heterocycles. The molecule has 9 heteroatoms. The molecular formula is C7H3BrF5NS2. The first-order valence-corrected chi connectivity index (χ1v) is 6.71. The predicted molar refractivity (Wildman–Crippen MR) is 60.2 cm³/mol. The van der Waals surface area contributed by atoms with Crippen LogP contribution in [-0.2, 0) is 0 Å². The molecule has 0 amide bonds. The van der Waals surface area contributed by atoms with E-state index in [0.717, 1.165) is 12.1 Å². The Balaban J connectivity index is 3.58. The van der Waals surface area contributed by atoms with Gasteiger partial charge in [0, 0.05) is 4.47 Å². The maximum atomic E-state index is 12.5. The Morgan fingerprint density at radius 1 is 1.19 bits per heavy atom. The van der Waals surface area contributed by atoms with Gasteiger partial charge in [-0.1, -0.05) is 19.4 Å². The van der Waals surface area contributed by atoms with E-state index in [4.69, 9.17) is 0 Å². The summed E-state index contributed by atoms with van der Waals surface area (Å²) in [6.45, 7) is 0. The highest BCUT2D eigenvalue weighted by Gasteiger charge is 2.66. The van der Waals surface area contributed by atoms with E-state index in [2.05, 4.69) is 33.1 Å². The average Bonchev–Trinajstić information content (AvgIpc) is 2.04. The van der Waals surface area contributed by atoms with Crippen molar-refractivity contribution in [3.05, 3.63) is 22.7 Å². The molecule has 1 rings (SSSR count). The van der Waals surface area contributed by atoms with Crippen molar-refractivity contribution in [1.29, 1.82) is 0 Å². The molecule has 0 fully saturated rings. The lowest BCUT2D eigenvalue weighted by molar-refractivity contribution is 0.363. The second-order valence-corrected chi connectivity index (χ2v) is 6.20. The Labute approximate surface area is 101 Å². The van der Waals surface area contributed by atoms with Crippen LogP contribution < -0.4 is 0 Å². The molecule has 0 unspecified atom stereocenters. The molecule has 0 atom stereocenters. The fraction of sp³-hybridized carbons (Fsp3) is 0. The summed E-state index contributed by atoms with van der Waals surface area (Å²) in [5.41, 5.74) is -0.332. The molecule has 0 bridgehead atoms. The van der Waals surface area contributed by atoms with Gasteiger partial charge >= 0.3 is 10.2 Å². The van der Waals surface area contributed by atoms with Crippen LogP contribution in [0.2, 0.25) is 0 Å². The van der Waals surface area contributed by atoms with E-state index in [1.54, 1.807) is 5.16 Å². The second-order valence-electron chi connectivity index (χ2n) is 2.79. The summed E-state index contributed by atoms with van der Waals surface area (Å²) in [7, 11) is -9.71. The number of nitrogens with zero attached hydrogens (tertiary/aromatic N) is 1. The minimum Gasteiger partial charge on any atom is -0.195 e. The largest absolute Gasteiger partial charge is 0.311 e. The maximum absolute atomic E-state index is 12.5. The van der Waals surface area contributed by atoms with Crippen molar-refractivity contribution in [3.8, 4) is 0 Å². The van der Waals surface area contributed by atoms with Crippen LogP contribution in [0.25, 0.3) is 0 Å². The molecular weight excluding hydrogens is 337 g/mol. The number of benzene rings is 1. The van der Waals surface area contributed by atoms with Crippen LogP contribution in [-0.4, -0.2) is 5.16 Å². The maximum Gasteiger partial charge on any atom is 0.311 e. The summed E-state index contributed by atoms with van der Waals surface area (Å²) in [5, 5.41) is 1.80. The van der Waals surface area contributed by atoms with Gasteiger partial charge in [-0.05, 0) is 46.3 Å². The van der Waals surface area contributed by atoms with Gasteiger partial charge in [-0.3, -0.25) is 0 Å². The lowest BCUT2D eigenvalue weighted by Gasteiger charge is -2.41. The average molecular weight is 340 g/mol. The van der Waals surface area contributed by atoms with Crippen molar-refractivity contribution in [2.45, 2.75) is 4.90 Å². The molecule has 0 aliphatic rings. The number of thiocarbonyl (C=S) groups is 1. The smallest absolute Gasteiger partial charge is 0.195 e. The van der Waals surface area contributed by atoms with Crippen molar-refractivity contribution >= 4 is 49.2 Å². The van der Waals surface area contributed by atoms with Crippen LogP contribution in [0.1, 0.15) is 0 Å². The van der Waals surface area contributed by atoms with E-state index in [-0.39, 0.29) is 11.8 Å². The van der Waals surface area contributed by atoms with Crippen LogP contribution in [0.4, 0.5) is 25.1 Å². The Hall–Kier alpha value is -0.500. The number of aliphatic imine (C=N–C) groups is 1. The zero-order chi connectivity index (χ0) is 12.7. The molecule has 0 heterocycles. The third kappa shape index (κ3) is 3.24. The number of hydrogen-bond donors (Lipinski definition) is 0. The molecule has 0 saturated carbocycles. The first-order valence-electron chi connectivity index (χ1n) is 3.55. The van der Waals surface area contributed by atoms with Gasteiger partial charge in [0.1, 0.15) is 4.90 Å². The topological polar surface area (TPSA) is 12.4 Å². The quantitative estimate of drug-likeness (QED) is 0.374. The van der Waals surface area contributed by atoms with E-state index in [9.17, 15) is 19.4 Å². The normalized spacial score (nSPS) is 15.9. The van der Waals surface area contributed by atoms with Crippen LogP contribution in [0.15, 0.2) is 32.6 Å².